The van der Waals surface area contributed by atoms with Crippen LogP contribution >= 0.6 is 11.6 Å². The zero-order valence-corrected chi connectivity index (χ0v) is 12.4. The van der Waals surface area contributed by atoms with Gasteiger partial charge in [0.2, 0.25) is 15.9 Å². The first kappa shape index (κ1) is 16.4. The van der Waals surface area contributed by atoms with E-state index in [-0.39, 0.29) is 22.0 Å². The standard InChI is InChI=1S/C12H14ClN3O3S/c1-2-5-15-12(17)8-16-20(18,19)11-6-9(7-14)3-4-10(11)13/h3-4,6,16H,2,5,8H2,1H3,(H,15,17). The molecule has 0 spiro atoms. The summed E-state index contributed by atoms with van der Waals surface area (Å²) < 4.78 is 26.2. The van der Waals surface area contributed by atoms with Crippen LogP contribution in [0.2, 0.25) is 5.02 Å². The van der Waals surface area contributed by atoms with Crippen LogP contribution in [-0.2, 0) is 14.8 Å². The molecule has 0 unspecified atom stereocenters. The van der Waals surface area contributed by atoms with Crippen LogP contribution in [0.3, 0.4) is 0 Å². The van der Waals surface area contributed by atoms with Crippen LogP contribution in [0.15, 0.2) is 23.1 Å². The monoisotopic (exact) mass is 315 g/mol. The summed E-state index contributed by atoms with van der Waals surface area (Å²) in [4.78, 5) is 11.1. The molecule has 108 valence electrons. The molecule has 1 aromatic carbocycles. The molecule has 0 aliphatic heterocycles. The maximum Gasteiger partial charge on any atom is 0.242 e. The van der Waals surface area contributed by atoms with Gasteiger partial charge in [0.15, 0.2) is 0 Å². The summed E-state index contributed by atoms with van der Waals surface area (Å²) in [5.41, 5.74) is 0.171. The number of carbonyl (C=O) groups is 1. The minimum absolute atomic E-state index is 0.00883. The van der Waals surface area contributed by atoms with E-state index in [9.17, 15) is 13.2 Å². The number of nitriles is 1. The molecule has 0 aliphatic rings. The van der Waals surface area contributed by atoms with E-state index in [1.807, 2.05) is 13.0 Å². The van der Waals surface area contributed by atoms with E-state index in [1.165, 1.54) is 12.1 Å². The van der Waals surface area contributed by atoms with Gasteiger partial charge < -0.3 is 5.32 Å². The Hall–Kier alpha value is -1.62. The SMILES string of the molecule is CCCNC(=O)CNS(=O)(=O)c1cc(C#N)ccc1Cl. The molecule has 0 bridgehead atoms. The lowest BCUT2D eigenvalue weighted by Gasteiger charge is -2.08. The Morgan fingerprint density at radius 1 is 1.45 bits per heavy atom. The minimum Gasteiger partial charge on any atom is -0.355 e. The Balaban J connectivity index is 2.84. The molecule has 0 aliphatic carbocycles. The second-order valence-corrected chi connectivity index (χ2v) is 6.07. The number of sulfonamides is 1. The first-order valence-corrected chi connectivity index (χ1v) is 7.73. The Kier molecular flexibility index (Phi) is 5.95. The quantitative estimate of drug-likeness (QED) is 0.818. The van der Waals surface area contributed by atoms with Crippen molar-refractivity contribution in [2.24, 2.45) is 0 Å². The summed E-state index contributed by atoms with van der Waals surface area (Å²) in [6.45, 7) is 1.98. The van der Waals surface area contributed by atoms with E-state index in [0.717, 1.165) is 12.5 Å². The highest BCUT2D eigenvalue weighted by molar-refractivity contribution is 7.89. The van der Waals surface area contributed by atoms with Crippen molar-refractivity contribution < 1.29 is 13.2 Å². The van der Waals surface area contributed by atoms with Crippen molar-refractivity contribution in [3.63, 3.8) is 0 Å². The summed E-state index contributed by atoms with van der Waals surface area (Å²) in [5, 5.41) is 11.3. The molecule has 2 N–H and O–H groups in total. The van der Waals surface area contributed by atoms with Crippen molar-refractivity contribution in [2.45, 2.75) is 18.2 Å². The summed E-state index contributed by atoms with van der Waals surface area (Å²) in [6, 6.07) is 5.73. The predicted octanol–water partition coefficient (Wildman–Crippen LogP) is 1.02. The highest BCUT2D eigenvalue weighted by atomic mass is 35.5. The first-order valence-electron chi connectivity index (χ1n) is 5.86. The van der Waals surface area contributed by atoms with Crippen molar-refractivity contribution >= 4 is 27.5 Å². The molecule has 20 heavy (non-hydrogen) atoms. The third kappa shape index (κ3) is 4.49. The number of nitrogens with one attached hydrogen (secondary N) is 2. The number of amides is 1. The molecule has 0 fully saturated rings. The van der Waals surface area contributed by atoms with Gasteiger partial charge >= 0.3 is 0 Å². The maximum absolute atomic E-state index is 12.0. The van der Waals surface area contributed by atoms with Crippen LogP contribution in [0, 0.1) is 11.3 Å². The Morgan fingerprint density at radius 3 is 2.75 bits per heavy atom. The predicted molar refractivity (Wildman–Crippen MR) is 74.7 cm³/mol. The molecular formula is C12H14ClN3O3S. The second-order valence-electron chi connectivity index (χ2n) is 3.93. The number of hydrogen-bond donors (Lipinski definition) is 2. The number of benzene rings is 1. The molecular weight excluding hydrogens is 302 g/mol. The average molecular weight is 316 g/mol. The van der Waals surface area contributed by atoms with Gasteiger partial charge in [-0.1, -0.05) is 18.5 Å². The fourth-order valence-corrected chi connectivity index (χ4v) is 2.85. The molecule has 0 radical (unpaired) electrons. The zero-order chi connectivity index (χ0) is 15.2. The molecule has 1 rings (SSSR count). The van der Waals surface area contributed by atoms with Crippen molar-refractivity contribution in [1.82, 2.24) is 10.0 Å². The Morgan fingerprint density at radius 2 is 2.15 bits per heavy atom. The van der Waals surface area contributed by atoms with Crippen LogP contribution < -0.4 is 10.0 Å². The third-order valence-corrected chi connectivity index (χ3v) is 4.23. The van der Waals surface area contributed by atoms with Crippen molar-refractivity contribution in [1.29, 1.82) is 5.26 Å². The summed E-state index contributed by atoms with van der Waals surface area (Å²) in [5.74, 6) is -0.428. The lowest BCUT2D eigenvalue weighted by molar-refractivity contribution is -0.119. The molecule has 0 heterocycles. The largest absolute Gasteiger partial charge is 0.355 e. The van der Waals surface area contributed by atoms with Gasteiger partial charge in [0.25, 0.3) is 0 Å². The average Bonchev–Trinajstić information content (AvgIpc) is 2.43. The smallest absolute Gasteiger partial charge is 0.242 e. The second kappa shape index (κ2) is 7.24. The van der Waals surface area contributed by atoms with Gasteiger partial charge in [-0.15, -0.1) is 0 Å². The minimum atomic E-state index is -3.94. The molecule has 6 nitrogen and oxygen atoms in total. The van der Waals surface area contributed by atoms with E-state index < -0.39 is 15.9 Å². The van der Waals surface area contributed by atoms with Gasteiger partial charge in [0.1, 0.15) is 4.90 Å². The summed E-state index contributed by atoms with van der Waals surface area (Å²) >= 11 is 5.81. The summed E-state index contributed by atoms with van der Waals surface area (Å²) in [7, 11) is -3.94. The molecule has 0 aromatic heterocycles. The number of halogens is 1. The topological polar surface area (TPSA) is 99.1 Å². The lowest BCUT2D eigenvalue weighted by atomic mass is 10.2. The van der Waals surface area contributed by atoms with Gasteiger partial charge in [-0.3, -0.25) is 4.79 Å². The van der Waals surface area contributed by atoms with Crippen molar-refractivity contribution in [3.8, 4) is 6.07 Å². The molecule has 0 saturated heterocycles. The summed E-state index contributed by atoms with van der Waals surface area (Å²) in [6.07, 6.45) is 0.758. The molecule has 8 heteroatoms. The van der Waals surface area contributed by atoms with E-state index in [4.69, 9.17) is 16.9 Å². The Labute approximate surface area is 122 Å². The van der Waals surface area contributed by atoms with Crippen LogP contribution in [-0.4, -0.2) is 27.4 Å². The molecule has 1 aromatic rings. The van der Waals surface area contributed by atoms with Gasteiger partial charge in [-0.05, 0) is 24.6 Å². The van der Waals surface area contributed by atoms with Gasteiger partial charge in [0, 0.05) is 6.54 Å². The first-order chi connectivity index (χ1) is 9.40. The number of nitrogens with zero attached hydrogens (tertiary/aromatic N) is 1. The van der Waals surface area contributed by atoms with Crippen molar-refractivity contribution in [3.05, 3.63) is 28.8 Å². The van der Waals surface area contributed by atoms with Crippen molar-refractivity contribution in [2.75, 3.05) is 13.1 Å². The number of rotatable bonds is 6. The third-order valence-electron chi connectivity index (χ3n) is 2.34. The van der Waals surface area contributed by atoms with Gasteiger partial charge in [-0.25, -0.2) is 13.1 Å². The van der Waals surface area contributed by atoms with E-state index in [1.54, 1.807) is 0 Å². The maximum atomic E-state index is 12.0. The highest BCUT2D eigenvalue weighted by Crippen LogP contribution is 2.22. The van der Waals surface area contributed by atoms with Crippen LogP contribution in [0.5, 0.6) is 0 Å². The fraction of sp³-hybridized carbons (Fsp3) is 0.333. The van der Waals surface area contributed by atoms with Gasteiger partial charge in [-0.2, -0.15) is 5.26 Å². The van der Waals surface area contributed by atoms with Crippen LogP contribution in [0.25, 0.3) is 0 Å². The van der Waals surface area contributed by atoms with E-state index in [0.29, 0.717) is 6.54 Å². The number of carbonyl (C=O) groups excluding carboxylic acids is 1. The lowest BCUT2D eigenvalue weighted by Crippen LogP contribution is -2.37. The van der Waals surface area contributed by atoms with Gasteiger partial charge in [0.05, 0.1) is 23.2 Å². The molecule has 0 saturated carbocycles. The normalized spacial score (nSPS) is 10.8. The van der Waals surface area contributed by atoms with Crippen LogP contribution in [0.4, 0.5) is 0 Å². The van der Waals surface area contributed by atoms with Crippen LogP contribution in [0.1, 0.15) is 18.9 Å². The Bertz CT molecular complexity index is 638. The number of hydrogen-bond acceptors (Lipinski definition) is 4. The van der Waals surface area contributed by atoms with E-state index in [2.05, 4.69) is 10.0 Å². The fourth-order valence-electron chi connectivity index (χ4n) is 1.34. The molecule has 1 amide bonds. The molecule has 0 atom stereocenters. The zero-order valence-electron chi connectivity index (χ0n) is 10.8. The highest BCUT2D eigenvalue weighted by Gasteiger charge is 2.19. The van der Waals surface area contributed by atoms with E-state index >= 15 is 0 Å².